The molecule has 5 heteroatoms. The van der Waals surface area contributed by atoms with E-state index < -0.39 is 0 Å². The van der Waals surface area contributed by atoms with Gasteiger partial charge >= 0.3 is 0 Å². The Morgan fingerprint density at radius 3 is 2.38 bits per heavy atom. The molecule has 5 nitrogen and oxygen atoms in total. The molecule has 0 amide bonds. The lowest BCUT2D eigenvalue weighted by Gasteiger charge is -2.17. The van der Waals surface area contributed by atoms with E-state index in [0.717, 1.165) is 40.9 Å². The van der Waals surface area contributed by atoms with Crippen LogP contribution in [0, 0.1) is 0 Å². The zero-order valence-electron chi connectivity index (χ0n) is 18.4. The predicted octanol–water partition coefficient (Wildman–Crippen LogP) is 5.01. The van der Waals surface area contributed by atoms with Gasteiger partial charge in [-0.1, -0.05) is 60.7 Å². The van der Waals surface area contributed by atoms with Crippen LogP contribution in [0.4, 0.5) is 5.82 Å². The predicted molar refractivity (Wildman–Crippen MR) is 131 cm³/mol. The molecular formula is C27H29N3O2. The Balaban J connectivity index is 1.30. The van der Waals surface area contributed by atoms with Gasteiger partial charge in [0.1, 0.15) is 18.2 Å². The van der Waals surface area contributed by atoms with Gasteiger partial charge in [0.2, 0.25) is 0 Å². The Labute approximate surface area is 189 Å². The first-order chi connectivity index (χ1) is 15.7. The first kappa shape index (κ1) is 21.8. The smallest absolute Gasteiger partial charge is 0.127 e. The van der Waals surface area contributed by atoms with Crippen LogP contribution in [0.25, 0.3) is 22.0 Å². The molecule has 0 aliphatic rings. The van der Waals surface area contributed by atoms with Crippen molar-refractivity contribution in [3.05, 3.63) is 90.5 Å². The summed E-state index contributed by atoms with van der Waals surface area (Å²) in [5, 5.41) is 2.14. The highest BCUT2D eigenvalue weighted by atomic mass is 16.5. The van der Waals surface area contributed by atoms with E-state index in [-0.39, 0.29) is 0 Å². The summed E-state index contributed by atoms with van der Waals surface area (Å²) in [6.07, 6.45) is 0. The molecule has 0 unspecified atom stereocenters. The number of pyridine rings is 1. The zero-order chi connectivity index (χ0) is 22.2. The molecule has 1 aromatic heterocycles. The van der Waals surface area contributed by atoms with Crippen LogP contribution < -0.4 is 10.5 Å². The van der Waals surface area contributed by atoms with Gasteiger partial charge in [0, 0.05) is 24.0 Å². The third kappa shape index (κ3) is 5.63. The number of hydrogen-bond donors (Lipinski definition) is 1. The van der Waals surface area contributed by atoms with E-state index in [1.807, 2.05) is 42.5 Å². The van der Waals surface area contributed by atoms with Gasteiger partial charge in [-0.25, -0.2) is 4.98 Å². The highest BCUT2D eigenvalue weighted by Gasteiger charge is 2.10. The summed E-state index contributed by atoms with van der Waals surface area (Å²) in [7, 11) is 2.11. The maximum atomic E-state index is 6.05. The van der Waals surface area contributed by atoms with Gasteiger partial charge in [-0.3, -0.25) is 4.90 Å². The number of ether oxygens (including phenoxy) is 2. The monoisotopic (exact) mass is 427 g/mol. The third-order valence-electron chi connectivity index (χ3n) is 5.33. The maximum Gasteiger partial charge on any atom is 0.127 e. The molecule has 0 saturated heterocycles. The number of fused-ring (bicyclic) bond motifs is 1. The topological polar surface area (TPSA) is 60.6 Å². The number of anilines is 1. The highest BCUT2D eigenvalue weighted by molar-refractivity contribution is 5.99. The van der Waals surface area contributed by atoms with E-state index in [9.17, 15) is 0 Å². The Hall–Kier alpha value is -3.41. The number of nitrogens with zero attached hydrogens (tertiary/aromatic N) is 2. The number of nitrogens with two attached hydrogens (primary N) is 1. The van der Waals surface area contributed by atoms with Crippen LogP contribution in [-0.4, -0.2) is 43.3 Å². The molecule has 1 heterocycles. The summed E-state index contributed by atoms with van der Waals surface area (Å²) >= 11 is 0. The minimum atomic E-state index is 0.502. The summed E-state index contributed by atoms with van der Waals surface area (Å²) in [5.74, 6) is 1.36. The molecule has 4 rings (SSSR count). The van der Waals surface area contributed by atoms with Crippen molar-refractivity contribution in [1.29, 1.82) is 0 Å². The Morgan fingerprint density at radius 1 is 0.781 bits per heavy atom. The zero-order valence-corrected chi connectivity index (χ0v) is 18.4. The lowest BCUT2D eigenvalue weighted by molar-refractivity contribution is 0.0841. The fourth-order valence-electron chi connectivity index (χ4n) is 3.73. The second kappa shape index (κ2) is 10.8. The Kier molecular flexibility index (Phi) is 7.33. The van der Waals surface area contributed by atoms with Crippen molar-refractivity contribution >= 4 is 16.6 Å². The summed E-state index contributed by atoms with van der Waals surface area (Å²) in [6, 6.07) is 28.4. The van der Waals surface area contributed by atoms with Crippen LogP contribution in [0.3, 0.4) is 0 Å². The molecule has 3 aromatic carbocycles. The molecular weight excluding hydrogens is 398 g/mol. The normalized spacial score (nSPS) is 11.2. The van der Waals surface area contributed by atoms with Crippen molar-refractivity contribution in [3.8, 4) is 17.0 Å². The average Bonchev–Trinajstić information content (AvgIpc) is 2.82. The Bertz CT molecular complexity index is 1150. The molecule has 0 aliphatic heterocycles. The maximum absolute atomic E-state index is 6.05. The molecule has 0 saturated carbocycles. The molecule has 0 atom stereocenters. The number of likely N-dealkylation sites (N-methyl/N-ethyl adjacent to an activating group) is 1. The summed E-state index contributed by atoms with van der Waals surface area (Å²) in [4.78, 5) is 6.73. The summed E-state index contributed by atoms with van der Waals surface area (Å²) in [5.41, 5.74) is 9.08. The fraction of sp³-hybridized carbons (Fsp3) is 0.222. The molecule has 0 fully saturated rings. The van der Waals surface area contributed by atoms with Crippen molar-refractivity contribution in [2.24, 2.45) is 0 Å². The molecule has 0 aliphatic carbocycles. The number of benzene rings is 3. The first-order valence-electron chi connectivity index (χ1n) is 10.9. The van der Waals surface area contributed by atoms with Crippen molar-refractivity contribution in [2.45, 2.75) is 6.54 Å². The van der Waals surface area contributed by atoms with Gasteiger partial charge < -0.3 is 15.2 Å². The SMILES string of the molecule is CN(CCOCCOc1ccc(-c2cccc(N)n2)c2ccccc12)Cc1ccccc1. The molecule has 4 aromatic rings. The van der Waals surface area contributed by atoms with Crippen LogP contribution in [0.1, 0.15) is 5.56 Å². The van der Waals surface area contributed by atoms with E-state index >= 15 is 0 Å². The molecule has 0 bridgehead atoms. The second-order valence-corrected chi connectivity index (χ2v) is 7.79. The van der Waals surface area contributed by atoms with E-state index in [2.05, 4.69) is 53.3 Å². The average molecular weight is 428 g/mol. The minimum Gasteiger partial charge on any atom is -0.491 e. The lowest BCUT2D eigenvalue weighted by Crippen LogP contribution is -2.23. The minimum absolute atomic E-state index is 0.502. The molecule has 32 heavy (non-hydrogen) atoms. The molecule has 0 radical (unpaired) electrons. The fourth-order valence-corrected chi connectivity index (χ4v) is 3.73. The molecule has 2 N–H and O–H groups in total. The molecule has 164 valence electrons. The standard InChI is InChI=1S/C27H29N3O2/c1-30(20-21-8-3-2-4-9-21)16-17-31-18-19-32-26-15-14-23(22-10-5-6-11-24(22)26)25-12-7-13-27(28)29-25/h2-15H,16-20H2,1H3,(H2,28,29). The van der Waals surface area contributed by atoms with Gasteiger partial charge in [-0.15, -0.1) is 0 Å². The highest BCUT2D eigenvalue weighted by Crippen LogP contribution is 2.33. The summed E-state index contributed by atoms with van der Waals surface area (Å²) in [6.45, 7) is 3.52. The van der Waals surface area contributed by atoms with Gasteiger partial charge in [0.25, 0.3) is 0 Å². The van der Waals surface area contributed by atoms with Crippen LogP contribution in [0.2, 0.25) is 0 Å². The van der Waals surface area contributed by atoms with Crippen molar-refractivity contribution in [3.63, 3.8) is 0 Å². The number of aromatic nitrogens is 1. The Morgan fingerprint density at radius 2 is 1.56 bits per heavy atom. The van der Waals surface area contributed by atoms with Crippen LogP contribution in [0.15, 0.2) is 84.9 Å². The van der Waals surface area contributed by atoms with E-state index in [0.29, 0.717) is 25.6 Å². The van der Waals surface area contributed by atoms with Crippen molar-refractivity contribution in [1.82, 2.24) is 9.88 Å². The van der Waals surface area contributed by atoms with Crippen molar-refractivity contribution < 1.29 is 9.47 Å². The number of hydrogen-bond acceptors (Lipinski definition) is 5. The third-order valence-corrected chi connectivity index (χ3v) is 5.33. The summed E-state index contributed by atoms with van der Waals surface area (Å²) < 4.78 is 11.8. The van der Waals surface area contributed by atoms with Crippen molar-refractivity contribution in [2.75, 3.05) is 39.1 Å². The van der Waals surface area contributed by atoms with Gasteiger partial charge in [-0.2, -0.15) is 0 Å². The number of rotatable bonds is 10. The largest absolute Gasteiger partial charge is 0.491 e. The van der Waals surface area contributed by atoms with Crippen LogP contribution in [-0.2, 0) is 11.3 Å². The lowest BCUT2D eigenvalue weighted by atomic mass is 10.0. The van der Waals surface area contributed by atoms with Crippen LogP contribution in [0.5, 0.6) is 5.75 Å². The quantitative estimate of drug-likeness (QED) is 0.361. The number of nitrogen functional groups attached to an aromatic ring is 1. The van der Waals surface area contributed by atoms with E-state index in [1.54, 1.807) is 6.07 Å². The van der Waals surface area contributed by atoms with Gasteiger partial charge in [0.05, 0.1) is 18.9 Å². The van der Waals surface area contributed by atoms with E-state index in [4.69, 9.17) is 15.2 Å². The molecule has 0 spiro atoms. The van der Waals surface area contributed by atoms with Gasteiger partial charge in [0.15, 0.2) is 0 Å². The van der Waals surface area contributed by atoms with E-state index in [1.165, 1.54) is 5.56 Å². The first-order valence-corrected chi connectivity index (χ1v) is 10.9. The van der Waals surface area contributed by atoms with Crippen LogP contribution >= 0.6 is 0 Å². The second-order valence-electron chi connectivity index (χ2n) is 7.79. The van der Waals surface area contributed by atoms with Gasteiger partial charge in [-0.05, 0) is 42.3 Å².